The summed E-state index contributed by atoms with van der Waals surface area (Å²) in [6, 6.07) is 17.7. The smallest absolute Gasteiger partial charge is 0.257 e. The summed E-state index contributed by atoms with van der Waals surface area (Å²) >= 11 is 6.19. The number of rotatable bonds is 4. The van der Waals surface area contributed by atoms with Crippen LogP contribution in [0.5, 0.6) is 0 Å². The Labute approximate surface area is 169 Å². The van der Waals surface area contributed by atoms with Gasteiger partial charge in [-0.15, -0.1) is 0 Å². The van der Waals surface area contributed by atoms with Crippen molar-refractivity contribution in [2.24, 2.45) is 0 Å². The second kappa shape index (κ2) is 7.54. The molecule has 0 bridgehead atoms. The minimum atomic E-state index is -3.62. The van der Waals surface area contributed by atoms with Gasteiger partial charge in [-0.05, 0) is 53.9 Å². The molecule has 0 aromatic heterocycles. The number of fused-ring (bicyclic) bond motifs is 1. The van der Waals surface area contributed by atoms with E-state index in [1.54, 1.807) is 6.07 Å². The molecule has 5 nitrogen and oxygen atoms in total. The lowest BCUT2D eigenvalue weighted by atomic mass is 10.1. The maximum absolute atomic E-state index is 12.8. The fourth-order valence-electron chi connectivity index (χ4n) is 3.38. The lowest BCUT2D eigenvalue weighted by molar-refractivity contribution is 0.102. The molecule has 1 N–H and O–H groups in total. The van der Waals surface area contributed by atoms with Gasteiger partial charge in [0.2, 0.25) is 10.0 Å². The van der Waals surface area contributed by atoms with Crippen molar-refractivity contribution < 1.29 is 13.2 Å². The number of nitrogens with zero attached hydrogens (tertiary/aromatic N) is 1. The van der Waals surface area contributed by atoms with Gasteiger partial charge in [0.1, 0.15) is 0 Å². The third kappa shape index (κ3) is 3.63. The molecule has 144 valence electrons. The van der Waals surface area contributed by atoms with Crippen LogP contribution in [-0.4, -0.2) is 31.7 Å². The normalized spacial score (nSPS) is 15.0. The molecule has 1 saturated heterocycles. The monoisotopic (exact) mass is 414 g/mol. The average molecular weight is 415 g/mol. The Bertz CT molecular complexity index is 1160. The molecule has 0 aliphatic carbocycles. The van der Waals surface area contributed by atoms with Crippen molar-refractivity contribution in [3.8, 4) is 0 Å². The zero-order valence-electron chi connectivity index (χ0n) is 15.1. The number of amides is 1. The zero-order chi connectivity index (χ0) is 19.7. The predicted molar refractivity (Wildman–Crippen MR) is 111 cm³/mol. The molecule has 0 spiro atoms. The fraction of sp³-hybridized carbons (Fsp3) is 0.190. The molecule has 1 amide bonds. The number of carbonyl (C=O) groups excluding carboxylic acids is 1. The summed E-state index contributed by atoms with van der Waals surface area (Å²) in [5.41, 5.74) is 0.752. The number of carbonyl (C=O) groups is 1. The molecular formula is C21H19ClN2O3S. The molecule has 28 heavy (non-hydrogen) atoms. The molecule has 1 aliphatic rings. The van der Waals surface area contributed by atoms with E-state index in [4.69, 9.17) is 11.6 Å². The molecule has 1 fully saturated rings. The molecule has 4 rings (SSSR count). The van der Waals surface area contributed by atoms with Gasteiger partial charge in [-0.2, -0.15) is 4.31 Å². The SMILES string of the molecule is O=C(Nc1ccc2ccccc2c1)c1cc(S(=O)(=O)N2CCCC2)ccc1Cl. The highest BCUT2D eigenvalue weighted by atomic mass is 35.5. The summed E-state index contributed by atoms with van der Waals surface area (Å²) in [5.74, 6) is -0.446. The molecule has 0 atom stereocenters. The van der Waals surface area contributed by atoms with Crippen molar-refractivity contribution in [3.05, 3.63) is 71.2 Å². The van der Waals surface area contributed by atoms with E-state index in [0.29, 0.717) is 18.8 Å². The molecule has 3 aromatic carbocycles. The van der Waals surface area contributed by atoms with E-state index in [1.807, 2.05) is 36.4 Å². The van der Waals surface area contributed by atoms with Gasteiger partial charge in [0, 0.05) is 18.8 Å². The minimum absolute atomic E-state index is 0.0856. The third-order valence-electron chi connectivity index (χ3n) is 4.89. The van der Waals surface area contributed by atoms with Crippen LogP contribution in [0.1, 0.15) is 23.2 Å². The van der Waals surface area contributed by atoms with Crippen LogP contribution in [0.15, 0.2) is 65.6 Å². The molecular weight excluding hydrogens is 396 g/mol. The van der Waals surface area contributed by atoms with E-state index < -0.39 is 15.9 Å². The first-order valence-electron chi connectivity index (χ1n) is 9.05. The highest BCUT2D eigenvalue weighted by Crippen LogP contribution is 2.26. The van der Waals surface area contributed by atoms with Crippen LogP contribution in [0.25, 0.3) is 10.8 Å². The summed E-state index contributed by atoms with van der Waals surface area (Å²) in [5, 5.41) is 5.08. The first-order valence-corrected chi connectivity index (χ1v) is 10.9. The van der Waals surface area contributed by atoms with E-state index >= 15 is 0 Å². The largest absolute Gasteiger partial charge is 0.322 e. The summed E-state index contributed by atoms with van der Waals surface area (Å²) < 4.78 is 27.0. The van der Waals surface area contributed by atoms with Crippen LogP contribution >= 0.6 is 11.6 Å². The van der Waals surface area contributed by atoms with Gasteiger partial charge >= 0.3 is 0 Å². The molecule has 0 saturated carbocycles. The highest BCUT2D eigenvalue weighted by Gasteiger charge is 2.28. The van der Waals surface area contributed by atoms with Crippen molar-refractivity contribution in [2.75, 3.05) is 18.4 Å². The molecule has 1 aliphatic heterocycles. The standard InChI is InChI=1S/C21H19ClN2O3S/c22-20-10-9-18(28(26,27)24-11-3-4-12-24)14-19(20)21(25)23-17-8-7-15-5-1-2-6-16(15)13-17/h1-2,5-10,13-14H,3-4,11-12H2,(H,23,25). The van der Waals surface area contributed by atoms with Gasteiger partial charge in [-0.1, -0.05) is 41.9 Å². The van der Waals surface area contributed by atoms with Gasteiger partial charge < -0.3 is 5.32 Å². The topological polar surface area (TPSA) is 66.5 Å². The van der Waals surface area contributed by atoms with E-state index in [9.17, 15) is 13.2 Å². The van der Waals surface area contributed by atoms with Crippen LogP contribution in [0.2, 0.25) is 5.02 Å². The molecule has 3 aromatic rings. The summed E-state index contributed by atoms with van der Waals surface area (Å²) in [6.07, 6.45) is 1.70. The lowest BCUT2D eigenvalue weighted by Crippen LogP contribution is -2.28. The second-order valence-corrected chi connectivity index (χ2v) is 9.11. The zero-order valence-corrected chi connectivity index (χ0v) is 16.6. The summed E-state index contributed by atoms with van der Waals surface area (Å²) in [6.45, 7) is 1.01. The van der Waals surface area contributed by atoms with Crippen molar-refractivity contribution >= 4 is 44.0 Å². The minimum Gasteiger partial charge on any atom is -0.322 e. The summed E-state index contributed by atoms with van der Waals surface area (Å²) in [4.78, 5) is 12.9. The molecule has 0 radical (unpaired) electrons. The number of hydrogen-bond acceptors (Lipinski definition) is 3. The van der Waals surface area contributed by atoms with E-state index in [0.717, 1.165) is 23.6 Å². The van der Waals surface area contributed by atoms with Gasteiger partial charge in [0.15, 0.2) is 0 Å². The van der Waals surface area contributed by atoms with Crippen LogP contribution < -0.4 is 5.32 Å². The van der Waals surface area contributed by atoms with Gasteiger partial charge in [-0.3, -0.25) is 4.79 Å². The van der Waals surface area contributed by atoms with Crippen molar-refractivity contribution in [1.82, 2.24) is 4.31 Å². The number of anilines is 1. The van der Waals surface area contributed by atoms with Gasteiger partial charge in [0.25, 0.3) is 5.91 Å². The fourth-order valence-corrected chi connectivity index (χ4v) is 5.13. The number of sulfonamides is 1. The Morgan fingerprint density at radius 2 is 1.64 bits per heavy atom. The van der Waals surface area contributed by atoms with Crippen molar-refractivity contribution in [3.63, 3.8) is 0 Å². The first-order chi connectivity index (χ1) is 13.4. The lowest BCUT2D eigenvalue weighted by Gasteiger charge is -2.16. The molecule has 1 heterocycles. The first kappa shape index (κ1) is 18.9. The van der Waals surface area contributed by atoms with E-state index in [1.165, 1.54) is 22.5 Å². The van der Waals surface area contributed by atoms with Crippen LogP contribution in [-0.2, 0) is 10.0 Å². The average Bonchev–Trinajstić information content (AvgIpc) is 3.24. The number of benzene rings is 3. The van der Waals surface area contributed by atoms with Gasteiger partial charge in [0.05, 0.1) is 15.5 Å². The molecule has 7 heteroatoms. The van der Waals surface area contributed by atoms with E-state index in [2.05, 4.69) is 5.32 Å². The van der Waals surface area contributed by atoms with E-state index in [-0.39, 0.29) is 15.5 Å². The maximum atomic E-state index is 12.8. The Morgan fingerprint density at radius 3 is 2.39 bits per heavy atom. The second-order valence-electron chi connectivity index (χ2n) is 6.77. The Balaban J connectivity index is 1.63. The number of nitrogens with one attached hydrogen (secondary N) is 1. The molecule has 0 unspecified atom stereocenters. The van der Waals surface area contributed by atoms with Crippen LogP contribution in [0, 0.1) is 0 Å². The van der Waals surface area contributed by atoms with Crippen LogP contribution in [0.3, 0.4) is 0 Å². The highest BCUT2D eigenvalue weighted by molar-refractivity contribution is 7.89. The van der Waals surface area contributed by atoms with Crippen molar-refractivity contribution in [1.29, 1.82) is 0 Å². The maximum Gasteiger partial charge on any atom is 0.257 e. The van der Waals surface area contributed by atoms with Crippen molar-refractivity contribution in [2.45, 2.75) is 17.7 Å². The number of hydrogen-bond donors (Lipinski definition) is 1. The quantitative estimate of drug-likeness (QED) is 0.682. The Morgan fingerprint density at radius 1 is 0.929 bits per heavy atom. The summed E-state index contributed by atoms with van der Waals surface area (Å²) in [7, 11) is -3.62. The third-order valence-corrected chi connectivity index (χ3v) is 7.12. The Kier molecular flexibility index (Phi) is 5.10. The number of halogens is 1. The van der Waals surface area contributed by atoms with Gasteiger partial charge in [-0.25, -0.2) is 8.42 Å². The van der Waals surface area contributed by atoms with Crippen LogP contribution in [0.4, 0.5) is 5.69 Å². The Hall–Kier alpha value is -2.41. The predicted octanol–water partition coefficient (Wildman–Crippen LogP) is 4.53.